The third-order valence-electron chi connectivity index (χ3n) is 3.34. The summed E-state index contributed by atoms with van der Waals surface area (Å²) in [6.07, 6.45) is 0.779. The van der Waals surface area contributed by atoms with Gasteiger partial charge in [0, 0.05) is 7.05 Å². The quantitative estimate of drug-likeness (QED) is 0.928. The lowest BCUT2D eigenvalue weighted by Crippen LogP contribution is -2.20. The van der Waals surface area contributed by atoms with Crippen molar-refractivity contribution in [1.29, 1.82) is 0 Å². The van der Waals surface area contributed by atoms with Crippen molar-refractivity contribution >= 4 is 5.69 Å². The van der Waals surface area contributed by atoms with Gasteiger partial charge in [0.1, 0.15) is 11.4 Å². The highest BCUT2D eigenvalue weighted by Gasteiger charge is 2.17. The Morgan fingerprint density at radius 1 is 1.25 bits per heavy atom. The molecule has 0 atom stereocenters. The van der Waals surface area contributed by atoms with Crippen LogP contribution >= 0.6 is 0 Å². The van der Waals surface area contributed by atoms with Gasteiger partial charge < -0.3 is 10.5 Å². The van der Waals surface area contributed by atoms with Gasteiger partial charge in [-0.25, -0.2) is 4.68 Å². The van der Waals surface area contributed by atoms with Crippen molar-refractivity contribution in [2.45, 2.75) is 20.3 Å². The lowest BCUT2D eigenvalue weighted by Gasteiger charge is -2.11. The maximum atomic E-state index is 12.3. The molecule has 5 heteroatoms. The lowest BCUT2D eigenvalue weighted by molar-refractivity contribution is 0.414. The third-order valence-corrected chi connectivity index (χ3v) is 3.34. The zero-order chi connectivity index (χ0) is 14.9. The Labute approximate surface area is 118 Å². The van der Waals surface area contributed by atoms with Gasteiger partial charge in [-0.05, 0) is 36.6 Å². The van der Waals surface area contributed by atoms with Crippen LogP contribution in [-0.2, 0) is 13.5 Å². The number of methoxy groups -OCH3 is 1. The fourth-order valence-electron chi connectivity index (χ4n) is 2.31. The standard InChI is InChI=1S/C15H21N3O2/c1-10(2)9-13-14(16)15(19)18(17(13)3)11-5-7-12(20-4)8-6-11/h5-8,10H,9,16H2,1-4H3. The van der Waals surface area contributed by atoms with Crippen LogP contribution in [0.1, 0.15) is 19.5 Å². The van der Waals surface area contributed by atoms with E-state index >= 15 is 0 Å². The van der Waals surface area contributed by atoms with Crippen LogP contribution in [0.25, 0.3) is 5.69 Å². The molecule has 0 unspecified atom stereocenters. The number of hydrogen-bond donors (Lipinski definition) is 1. The number of aromatic nitrogens is 2. The van der Waals surface area contributed by atoms with E-state index in [1.807, 2.05) is 36.0 Å². The molecule has 0 aliphatic rings. The summed E-state index contributed by atoms with van der Waals surface area (Å²) in [5.41, 5.74) is 7.78. The summed E-state index contributed by atoms with van der Waals surface area (Å²) >= 11 is 0. The molecule has 1 heterocycles. The van der Waals surface area contributed by atoms with Gasteiger partial charge in [-0.1, -0.05) is 13.8 Å². The van der Waals surface area contributed by atoms with Gasteiger partial charge in [0.05, 0.1) is 18.5 Å². The predicted molar refractivity (Wildman–Crippen MR) is 80.5 cm³/mol. The molecule has 0 amide bonds. The van der Waals surface area contributed by atoms with Gasteiger partial charge in [-0.15, -0.1) is 0 Å². The molecule has 20 heavy (non-hydrogen) atoms. The molecule has 108 valence electrons. The Morgan fingerprint density at radius 2 is 1.85 bits per heavy atom. The SMILES string of the molecule is COc1ccc(-n2c(=O)c(N)c(CC(C)C)n2C)cc1. The van der Waals surface area contributed by atoms with E-state index in [0.717, 1.165) is 23.6 Å². The van der Waals surface area contributed by atoms with Crippen molar-refractivity contribution < 1.29 is 4.74 Å². The van der Waals surface area contributed by atoms with Crippen molar-refractivity contribution in [2.75, 3.05) is 12.8 Å². The van der Waals surface area contributed by atoms with Crippen LogP contribution in [0.3, 0.4) is 0 Å². The first-order valence-electron chi connectivity index (χ1n) is 6.66. The van der Waals surface area contributed by atoms with Gasteiger partial charge in [0.15, 0.2) is 0 Å². The average molecular weight is 275 g/mol. The van der Waals surface area contributed by atoms with Gasteiger partial charge in [-0.3, -0.25) is 9.48 Å². The topological polar surface area (TPSA) is 62.2 Å². The average Bonchev–Trinajstić information content (AvgIpc) is 2.63. The zero-order valence-corrected chi connectivity index (χ0v) is 12.4. The summed E-state index contributed by atoms with van der Waals surface area (Å²) in [5.74, 6) is 1.20. The summed E-state index contributed by atoms with van der Waals surface area (Å²) in [6.45, 7) is 4.21. The highest BCUT2D eigenvalue weighted by molar-refractivity contribution is 5.46. The first-order valence-corrected chi connectivity index (χ1v) is 6.66. The first-order chi connectivity index (χ1) is 9.45. The van der Waals surface area contributed by atoms with Crippen molar-refractivity contribution in [3.63, 3.8) is 0 Å². The van der Waals surface area contributed by atoms with Crippen molar-refractivity contribution in [3.8, 4) is 11.4 Å². The van der Waals surface area contributed by atoms with Gasteiger partial charge >= 0.3 is 0 Å². The van der Waals surface area contributed by atoms with E-state index in [2.05, 4.69) is 13.8 Å². The summed E-state index contributed by atoms with van der Waals surface area (Å²) in [4.78, 5) is 12.3. The Hall–Kier alpha value is -2.17. The van der Waals surface area contributed by atoms with Crippen LogP contribution in [0.4, 0.5) is 5.69 Å². The maximum absolute atomic E-state index is 12.3. The Morgan fingerprint density at radius 3 is 2.35 bits per heavy atom. The summed E-state index contributed by atoms with van der Waals surface area (Å²) in [6, 6.07) is 7.35. The Balaban J connectivity index is 2.53. The van der Waals surface area contributed by atoms with E-state index in [-0.39, 0.29) is 5.56 Å². The minimum absolute atomic E-state index is 0.173. The van der Waals surface area contributed by atoms with E-state index < -0.39 is 0 Å². The van der Waals surface area contributed by atoms with Gasteiger partial charge in [-0.2, -0.15) is 0 Å². The molecule has 2 N–H and O–H groups in total. The predicted octanol–water partition coefficient (Wildman–Crippen LogP) is 1.97. The molecule has 0 aliphatic heterocycles. The van der Waals surface area contributed by atoms with Crippen LogP contribution in [0.2, 0.25) is 0 Å². The molecule has 0 saturated heterocycles. The minimum atomic E-state index is -0.173. The molecular weight excluding hydrogens is 254 g/mol. The number of ether oxygens (including phenoxy) is 1. The van der Waals surface area contributed by atoms with E-state index in [1.165, 1.54) is 0 Å². The monoisotopic (exact) mass is 275 g/mol. The summed E-state index contributed by atoms with van der Waals surface area (Å²) in [5, 5.41) is 0. The second-order valence-corrected chi connectivity index (χ2v) is 5.30. The van der Waals surface area contributed by atoms with Crippen molar-refractivity contribution in [3.05, 3.63) is 40.3 Å². The van der Waals surface area contributed by atoms with E-state index in [0.29, 0.717) is 11.6 Å². The molecule has 5 nitrogen and oxygen atoms in total. The number of rotatable bonds is 4. The number of nitrogen functional groups attached to an aromatic ring is 1. The number of anilines is 1. The van der Waals surface area contributed by atoms with Crippen molar-refractivity contribution in [1.82, 2.24) is 9.36 Å². The molecular formula is C15H21N3O2. The highest BCUT2D eigenvalue weighted by atomic mass is 16.5. The fraction of sp³-hybridized carbons (Fsp3) is 0.400. The fourth-order valence-corrected chi connectivity index (χ4v) is 2.31. The van der Waals surface area contributed by atoms with Crippen LogP contribution in [-0.4, -0.2) is 16.5 Å². The molecule has 2 aromatic rings. The Bertz CT molecular complexity index is 651. The number of nitrogens with two attached hydrogens (primary N) is 1. The molecule has 0 radical (unpaired) electrons. The third kappa shape index (κ3) is 2.43. The molecule has 0 aliphatic carbocycles. The smallest absolute Gasteiger partial charge is 0.294 e. The van der Waals surface area contributed by atoms with E-state index in [9.17, 15) is 4.79 Å². The molecule has 1 aromatic carbocycles. The van der Waals surface area contributed by atoms with Gasteiger partial charge in [0.25, 0.3) is 5.56 Å². The van der Waals surface area contributed by atoms with Crippen LogP contribution in [0.5, 0.6) is 5.75 Å². The lowest BCUT2D eigenvalue weighted by atomic mass is 10.1. The second-order valence-electron chi connectivity index (χ2n) is 5.30. The van der Waals surface area contributed by atoms with Gasteiger partial charge in [0.2, 0.25) is 0 Å². The summed E-state index contributed by atoms with van der Waals surface area (Å²) in [7, 11) is 3.47. The molecule has 0 saturated carbocycles. The minimum Gasteiger partial charge on any atom is -0.497 e. The molecule has 2 rings (SSSR count). The number of hydrogen-bond acceptors (Lipinski definition) is 3. The summed E-state index contributed by atoms with van der Waals surface area (Å²) < 4.78 is 8.55. The van der Waals surface area contributed by atoms with Crippen LogP contribution in [0.15, 0.2) is 29.1 Å². The maximum Gasteiger partial charge on any atom is 0.294 e. The first kappa shape index (κ1) is 14.2. The van der Waals surface area contributed by atoms with Crippen molar-refractivity contribution in [2.24, 2.45) is 13.0 Å². The number of nitrogens with zero attached hydrogens (tertiary/aromatic N) is 2. The largest absolute Gasteiger partial charge is 0.497 e. The van der Waals surface area contributed by atoms with Crippen LogP contribution < -0.4 is 16.0 Å². The van der Waals surface area contributed by atoms with Crippen LogP contribution in [0, 0.1) is 5.92 Å². The highest BCUT2D eigenvalue weighted by Crippen LogP contribution is 2.18. The normalized spacial score (nSPS) is 11.1. The Kier molecular flexibility index (Phi) is 3.88. The molecule has 0 fully saturated rings. The zero-order valence-electron chi connectivity index (χ0n) is 12.4. The number of benzene rings is 1. The molecule has 0 bridgehead atoms. The van der Waals surface area contributed by atoms with E-state index in [4.69, 9.17) is 10.5 Å². The molecule has 1 aromatic heterocycles. The molecule has 0 spiro atoms. The van der Waals surface area contributed by atoms with E-state index in [1.54, 1.807) is 11.8 Å². The second kappa shape index (κ2) is 5.45.